The first-order valence-electron chi connectivity index (χ1n) is 8.35. The first kappa shape index (κ1) is 16.9. The minimum absolute atomic E-state index is 0.463. The highest BCUT2D eigenvalue weighted by atomic mass is 32.1. The third-order valence-corrected chi connectivity index (χ3v) is 5.40. The molecule has 2 heterocycles. The van der Waals surface area contributed by atoms with Gasteiger partial charge in [0.25, 0.3) is 0 Å². The van der Waals surface area contributed by atoms with Crippen LogP contribution >= 0.6 is 11.3 Å². The largest absolute Gasteiger partial charge is 0.310 e. The van der Waals surface area contributed by atoms with Gasteiger partial charge < -0.3 is 5.32 Å². The number of piperidine rings is 1. The van der Waals surface area contributed by atoms with Crippen LogP contribution in [-0.4, -0.2) is 29.5 Å². The molecule has 1 N–H and O–H groups in total. The number of hydrogen-bond acceptors (Lipinski definition) is 4. The molecule has 1 aromatic rings. The molecule has 21 heavy (non-hydrogen) atoms. The van der Waals surface area contributed by atoms with Crippen molar-refractivity contribution in [2.75, 3.05) is 19.6 Å². The van der Waals surface area contributed by atoms with Crippen LogP contribution in [0.2, 0.25) is 0 Å². The number of nitrogens with one attached hydrogen (secondary N) is 1. The minimum Gasteiger partial charge on any atom is -0.310 e. The Morgan fingerprint density at radius 3 is 2.67 bits per heavy atom. The van der Waals surface area contributed by atoms with Gasteiger partial charge in [-0.15, -0.1) is 11.3 Å². The molecule has 0 aromatic carbocycles. The van der Waals surface area contributed by atoms with Crippen molar-refractivity contribution in [2.24, 2.45) is 11.3 Å². The van der Waals surface area contributed by atoms with Gasteiger partial charge in [-0.2, -0.15) is 0 Å². The van der Waals surface area contributed by atoms with Gasteiger partial charge in [-0.25, -0.2) is 4.98 Å². The summed E-state index contributed by atoms with van der Waals surface area (Å²) >= 11 is 1.79. The van der Waals surface area contributed by atoms with E-state index >= 15 is 0 Å². The second-order valence-electron chi connectivity index (χ2n) is 7.33. The molecule has 0 atom stereocenters. The zero-order chi connectivity index (χ0) is 15.3. The van der Waals surface area contributed by atoms with Crippen LogP contribution in [0.25, 0.3) is 0 Å². The van der Waals surface area contributed by atoms with Gasteiger partial charge in [-0.05, 0) is 50.2 Å². The van der Waals surface area contributed by atoms with Crippen molar-refractivity contribution >= 4 is 11.3 Å². The van der Waals surface area contributed by atoms with Crippen molar-refractivity contribution in [1.29, 1.82) is 0 Å². The summed E-state index contributed by atoms with van der Waals surface area (Å²) in [6.07, 6.45) is 3.85. The van der Waals surface area contributed by atoms with E-state index in [1.165, 1.54) is 43.1 Å². The Labute approximate surface area is 134 Å². The Kier molecular flexibility index (Phi) is 6.20. The molecule has 1 fully saturated rings. The van der Waals surface area contributed by atoms with Crippen LogP contribution in [0.1, 0.15) is 57.7 Å². The van der Waals surface area contributed by atoms with E-state index in [0.717, 1.165) is 25.6 Å². The lowest BCUT2D eigenvalue weighted by atomic mass is 9.75. The van der Waals surface area contributed by atoms with Gasteiger partial charge in [-0.1, -0.05) is 27.7 Å². The van der Waals surface area contributed by atoms with Crippen molar-refractivity contribution in [3.8, 4) is 0 Å². The molecule has 0 saturated carbocycles. The maximum absolute atomic E-state index is 4.76. The van der Waals surface area contributed by atoms with Crippen LogP contribution in [0.3, 0.4) is 0 Å². The topological polar surface area (TPSA) is 28.2 Å². The lowest BCUT2D eigenvalue weighted by Gasteiger charge is -2.38. The molecule has 0 bridgehead atoms. The molecule has 0 aliphatic carbocycles. The van der Waals surface area contributed by atoms with Gasteiger partial charge in [0, 0.05) is 18.5 Å². The van der Waals surface area contributed by atoms with Crippen LogP contribution in [-0.2, 0) is 13.1 Å². The standard InChI is InChI=1S/C17H31N3S/c1-5-8-18-11-16-19-15(13-21-16)12-20-9-6-14(7-10-20)17(2,3)4/h13-14,18H,5-12H2,1-4H3. The molecule has 120 valence electrons. The molecule has 0 spiro atoms. The van der Waals surface area contributed by atoms with Gasteiger partial charge in [0.1, 0.15) is 5.01 Å². The highest BCUT2D eigenvalue weighted by molar-refractivity contribution is 7.09. The zero-order valence-corrected chi connectivity index (χ0v) is 14.9. The van der Waals surface area contributed by atoms with E-state index in [2.05, 4.69) is 43.3 Å². The fourth-order valence-electron chi connectivity index (χ4n) is 3.06. The van der Waals surface area contributed by atoms with Gasteiger partial charge >= 0.3 is 0 Å². The van der Waals surface area contributed by atoms with Crippen LogP contribution in [0, 0.1) is 11.3 Å². The zero-order valence-electron chi connectivity index (χ0n) is 14.1. The second-order valence-corrected chi connectivity index (χ2v) is 8.27. The lowest BCUT2D eigenvalue weighted by molar-refractivity contribution is 0.107. The van der Waals surface area contributed by atoms with Crippen molar-refractivity contribution in [1.82, 2.24) is 15.2 Å². The van der Waals surface area contributed by atoms with E-state index < -0.39 is 0 Å². The van der Waals surface area contributed by atoms with Crippen LogP contribution in [0.4, 0.5) is 0 Å². The highest BCUT2D eigenvalue weighted by Crippen LogP contribution is 2.34. The maximum atomic E-state index is 4.76. The van der Waals surface area contributed by atoms with E-state index in [4.69, 9.17) is 4.98 Å². The molecule has 0 unspecified atom stereocenters. The number of thiazole rings is 1. The summed E-state index contributed by atoms with van der Waals surface area (Å²) in [6.45, 7) is 14.8. The monoisotopic (exact) mass is 309 g/mol. The smallest absolute Gasteiger partial charge is 0.107 e. The number of rotatable bonds is 6. The quantitative estimate of drug-likeness (QED) is 0.808. The average molecular weight is 310 g/mol. The van der Waals surface area contributed by atoms with Gasteiger partial charge in [0.2, 0.25) is 0 Å². The average Bonchev–Trinajstić information content (AvgIpc) is 2.86. The van der Waals surface area contributed by atoms with Crippen molar-refractivity contribution < 1.29 is 0 Å². The molecule has 4 heteroatoms. The molecule has 0 radical (unpaired) electrons. The second kappa shape index (κ2) is 7.70. The highest BCUT2D eigenvalue weighted by Gasteiger charge is 2.28. The molecule has 2 rings (SSSR count). The van der Waals surface area contributed by atoms with E-state index in [1.807, 2.05) is 0 Å². The molecule has 1 saturated heterocycles. The molecule has 1 aromatic heterocycles. The number of aromatic nitrogens is 1. The number of likely N-dealkylation sites (tertiary alicyclic amines) is 1. The molecular formula is C17H31N3S. The van der Waals surface area contributed by atoms with Crippen LogP contribution in [0.5, 0.6) is 0 Å². The Morgan fingerprint density at radius 2 is 2.05 bits per heavy atom. The number of nitrogens with zero attached hydrogens (tertiary/aromatic N) is 2. The predicted molar refractivity (Wildman–Crippen MR) is 91.6 cm³/mol. The van der Waals surface area contributed by atoms with Crippen LogP contribution in [0.15, 0.2) is 5.38 Å². The van der Waals surface area contributed by atoms with Crippen molar-refractivity contribution in [3.63, 3.8) is 0 Å². The van der Waals surface area contributed by atoms with Gasteiger partial charge in [-0.3, -0.25) is 4.90 Å². The summed E-state index contributed by atoms with van der Waals surface area (Å²) in [4.78, 5) is 7.33. The van der Waals surface area contributed by atoms with E-state index in [1.54, 1.807) is 11.3 Å². The fourth-order valence-corrected chi connectivity index (χ4v) is 3.82. The lowest BCUT2D eigenvalue weighted by Crippen LogP contribution is -2.37. The Hall–Kier alpha value is -0.450. The molecule has 1 aliphatic heterocycles. The predicted octanol–water partition coefficient (Wildman–Crippen LogP) is 3.90. The Balaban J connectivity index is 1.76. The van der Waals surface area contributed by atoms with Gasteiger partial charge in [0.05, 0.1) is 5.69 Å². The Morgan fingerprint density at radius 1 is 1.33 bits per heavy atom. The van der Waals surface area contributed by atoms with Crippen LogP contribution < -0.4 is 5.32 Å². The first-order chi connectivity index (χ1) is 9.99. The summed E-state index contributed by atoms with van der Waals surface area (Å²) in [5.74, 6) is 0.873. The minimum atomic E-state index is 0.463. The Bertz CT molecular complexity index is 414. The van der Waals surface area contributed by atoms with Crippen molar-refractivity contribution in [2.45, 2.75) is 60.0 Å². The molecule has 0 amide bonds. The van der Waals surface area contributed by atoms with E-state index in [0.29, 0.717) is 5.41 Å². The summed E-state index contributed by atoms with van der Waals surface area (Å²) < 4.78 is 0. The maximum Gasteiger partial charge on any atom is 0.107 e. The summed E-state index contributed by atoms with van der Waals surface area (Å²) in [5, 5.41) is 6.88. The summed E-state index contributed by atoms with van der Waals surface area (Å²) in [7, 11) is 0. The third kappa shape index (κ3) is 5.35. The number of hydrogen-bond donors (Lipinski definition) is 1. The molecule has 3 nitrogen and oxygen atoms in total. The normalized spacial score (nSPS) is 18.3. The first-order valence-corrected chi connectivity index (χ1v) is 9.23. The molecule has 1 aliphatic rings. The van der Waals surface area contributed by atoms with E-state index in [-0.39, 0.29) is 0 Å². The van der Waals surface area contributed by atoms with Gasteiger partial charge in [0.15, 0.2) is 0 Å². The third-order valence-electron chi connectivity index (χ3n) is 4.50. The molecular weight excluding hydrogens is 278 g/mol. The SMILES string of the molecule is CCCNCc1nc(CN2CCC(C(C)(C)C)CC2)cs1. The summed E-state index contributed by atoms with van der Waals surface area (Å²) in [5.41, 5.74) is 1.72. The fraction of sp³-hybridized carbons (Fsp3) is 0.824. The summed E-state index contributed by atoms with van der Waals surface area (Å²) in [6, 6.07) is 0. The van der Waals surface area contributed by atoms with E-state index in [9.17, 15) is 0 Å². The van der Waals surface area contributed by atoms with Crippen molar-refractivity contribution in [3.05, 3.63) is 16.1 Å².